The zero-order chi connectivity index (χ0) is 11.7. The molecule has 2 aromatic rings. The molecule has 17 heavy (non-hydrogen) atoms. The molecule has 0 radical (unpaired) electrons. The number of hydrogen-bond acceptors (Lipinski definition) is 1. The average molecular weight is 225 g/mol. The first kappa shape index (κ1) is 10.8. The molecule has 0 saturated heterocycles. The fourth-order valence-corrected chi connectivity index (χ4v) is 3.00. The molecule has 1 nitrogen and oxygen atoms in total. The molecule has 2 N–H and O–H groups in total. The highest BCUT2D eigenvalue weighted by Crippen LogP contribution is 2.34. The second kappa shape index (κ2) is 4.50. The van der Waals surface area contributed by atoms with Gasteiger partial charge in [-0.3, -0.25) is 0 Å². The van der Waals surface area contributed by atoms with Crippen LogP contribution in [0.3, 0.4) is 0 Å². The lowest BCUT2D eigenvalue weighted by Gasteiger charge is -2.19. The zero-order valence-corrected chi connectivity index (χ0v) is 10.1. The molecule has 0 unspecified atom stereocenters. The third kappa shape index (κ3) is 2.07. The lowest BCUT2D eigenvalue weighted by Crippen LogP contribution is -2.18. The van der Waals surface area contributed by atoms with Crippen molar-refractivity contribution in [2.24, 2.45) is 11.7 Å². The Hall–Kier alpha value is -1.34. The minimum absolute atomic E-state index is 0.224. The molecule has 0 aliphatic heterocycles. The van der Waals surface area contributed by atoms with Gasteiger partial charge in [-0.1, -0.05) is 49.2 Å². The Labute approximate surface area is 103 Å². The maximum Gasteiger partial charge on any atom is 0.0323 e. The van der Waals surface area contributed by atoms with Crippen molar-refractivity contribution in [2.45, 2.75) is 31.7 Å². The molecule has 1 saturated carbocycles. The normalized spacial score (nSPS) is 18.6. The van der Waals surface area contributed by atoms with Crippen molar-refractivity contribution in [3.8, 4) is 0 Å². The van der Waals surface area contributed by atoms with Gasteiger partial charge in [0.2, 0.25) is 0 Å². The van der Waals surface area contributed by atoms with Gasteiger partial charge in [-0.25, -0.2) is 0 Å². The third-order valence-corrected chi connectivity index (χ3v) is 4.07. The number of benzene rings is 2. The van der Waals surface area contributed by atoms with E-state index in [0.29, 0.717) is 5.92 Å². The van der Waals surface area contributed by atoms with Crippen LogP contribution >= 0.6 is 0 Å². The Bertz CT molecular complexity index is 512. The van der Waals surface area contributed by atoms with E-state index < -0.39 is 0 Å². The lowest BCUT2D eigenvalue weighted by molar-refractivity contribution is 0.445. The summed E-state index contributed by atoms with van der Waals surface area (Å²) in [5.41, 5.74) is 7.69. The van der Waals surface area contributed by atoms with Gasteiger partial charge in [-0.05, 0) is 41.2 Å². The SMILES string of the molecule is N[C@H](c1ccc2ccccc2c1)C1CCCC1. The van der Waals surface area contributed by atoms with Crippen molar-refractivity contribution in [2.75, 3.05) is 0 Å². The summed E-state index contributed by atoms with van der Waals surface area (Å²) in [4.78, 5) is 0. The predicted molar refractivity (Wildman–Crippen MR) is 72.8 cm³/mol. The van der Waals surface area contributed by atoms with Crippen LogP contribution < -0.4 is 5.73 Å². The topological polar surface area (TPSA) is 26.0 Å². The molecule has 1 atom stereocenters. The summed E-state index contributed by atoms with van der Waals surface area (Å²) in [6, 6.07) is 15.4. The molecule has 1 heteroatoms. The van der Waals surface area contributed by atoms with E-state index in [1.807, 2.05) is 0 Å². The molecule has 3 rings (SSSR count). The van der Waals surface area contributed by atoms with Crippen LogP contribution in [0.25, 0.3) is 10.8 Å². The average Bonchev–Trinajstić information content (AvgIpc) is 2.91. The quantitative estimate of drug-likeness (QED) is 0.820. The van der Waals surface area contributed by atoms with Gasteiger partial charge in [-0.15, -0.1) is 0 Å². The number of fused-ring (bicyclic) bond motifs is 1. The first-order valence-corrected chi connectivity index (χ1v) is 6.59. The number of rotatable bonds is 2. The molecule has 0 amide bonds. The van der Waals surface area contributed by atoms with Crippen LogP contribution in [-0.4, -0.2) is 0 Å². The van der Waals surface area contributed by atoms with Crippen molar-refractivity contribution in [1.82, 2.24) is 0 Å². The van der Waals surface area contributed by atoms with Crippen molar-refractivity contribution in [1.29, 1.82) is 0 Å². The summed E-state index contributed by atoms with van der Waals surface area (Å²) in [7, 11) is 0. The summed E-state index contributed by atoms with van der Waals surface area (Å²) in [6.07, 6.45) is 5.31. The smallest absolute Gasteiger partial charge is 0.0323 e. The standard InChI is InChI=1S/C16H19N/c17-16(13-6-2-3-7-13)15-10-9-12-5-1-4-8-14(12)11-15/h1,4-5,8-11,13,16H,2-3,6-7,17H2/t16-/m0/s1. The van der Waals surface area contributed by atoms with E-state index >= 15 is 0 Å². The molecule has 0 bridgehead atoms. The fraction of sp³-hybridized carbons (Fsp3) is 0.375. The van der Waals surface area contributed by atoms with Crippen LogP contribution in [0.1, 0.15) is 37.3 Å². The van der Waals surface area contributed by atoms with Gasteiger partial charge in [0, 0.05) is 6.04 Å². The van der Waals surface area contributed by atoms with Crippen molar-refractivity contribution in [3.05, 3.63) is 48.0 Å². The van der Waals surface area contributed by atoms with Crippen molar-refractivity contribution < 1.29 is 0 Å². The summed E-state index contributed by atoms with van der Waals surface area (Å²) >= 11 is 0. The summed E-state index contributed by atoms with van der Waals surface area (Å²) < 4.78 is 0. The lowest BCUT2D eigenvalue weighted by atomic mass is 9.91. The van der Waals surface area contributed by atoms with Gasteiger partial charge in [0.25, 0.3) is 0 Å². The number of nitrogens with two attached hydrogens (primary N) is 1. The molecule has 2 aromatic carbocycles. The minimum Gasteiger partial charge on any atom is -0.324 e. The molecule has 1 aliphatic carbocycles. The summed E-state index contributed by atoms with van der Waals surface area (Å²) in [6.45, 7) is 0. The monoisotopic (exact) mass is 225 g/mol. The van der Waals surface area contributed by atoms with E-state index in [9.17, 15) is 0 Å². The van der Waals surface area contributed by atoms with Gasteiger partial charge < -0.3 is 5.73 Å². The van der Waals surface area contributed by atoms with E-state index in [1.165, 1.54) is 42.0 Å². The molecule has 0 spiro atoms. The Morgan fingerprint density at radius 1 is 0.941 bits per heavy atom. The van der Waals surface area contributed by atoms with E-state index in [0.717, 1.165) is 0 Å². The van der Waals surface area contributed by atoms with Crippen LogP contribution in [0.4, 0.5) is 0 Å². The Kier molecular flexibility index (Phi) is 2.86. The van der Waals surface area contributed by atoms with E-state index in [-0.39, 0.29) is 6.04 Å². The van der Waals surface area contributed by atoms with Gasteiger partial charge in [-0.2, -0.15) is 0 Å². The highest BCUT2D eigenvalue weighted by molar-refractivity contribution is 5.83. The Morgan fingerprint density at radius 2 is 1.65 bits per heavy atom. The second-order valence-corrected chi connectivity index (χ2v) is 5.18. The van der Waals surface area contributed by atoms with E-state index in [2.05, 4.69) is 42.5 Å². The second-order valence-electron chi connectivity index (χ2n) is 5.18. The van der Waals surface area contributed by atoms with Gasteiger partial charge in [0.1, 0.15) is 0 Å². The van der Waals surface area contributed by atoms with E-state index in [1.54, 1.807) is 0 Å². The molecular weight excluding hydrogens is 206 g/mol. The largest absolute Gasteiger partial charge is 0.324 e. The van der Waals surface area contributed by atoms with Crippen LogP contribution in [0, 0.1) is 5.92 Å². The number of hydrogen-bond donors (Lipinski definition) is 1. The summed E-state index contributed by atoms with van der Waals surface area (Å²) in [5, 5.41) is 2.60. The predicted octanol–water partition coefficient (Wildman–Crippen LogP) is 4.03. The Morgan fingerprint density at radius 3 is 2.41 bits per heavy atom. The molecule has 0 aromatic heterocycles. The maximum absolute atomic E-state index is 6.39. The molecule has 88 valence electrons. The van der Waals surface area contributed by atoms with Crippen LogP contribution in [0.15, 0.2) is 42.5 Å². The van der Waals surface area contributed by atoms with Crippen LogP contribution in [-0.2, 0) is 0 Å². The van der Waals surface area contributed by atoms with Gasteiger partial charge >= 0.3 is 0 Å². The molecule has 0 heterocycles. The van der Waals surface area contributed by atoms with E-state index in [4.69, 9.17) is 5.73 Å². The van der Waals surface area contributed by atoms with Gasteiger partial charge in [0.05, 0.1) is 0 Å². The highest BCUT2D eigenvalue weighted by Gasteiger charge is 2.23. The first-order valence-electron chi connectivity index (χ1n) is 6.59. The molecule has 1 fully saturated rings. The zero-order valence-electron chi connectivity index (χ0n) is 10.1. The minimum atomic E-state index is 0.224. The van der Waals surface area contributed by atoms with Crippen LogP contribution in [0.2, 0.25) is 0 Å². The highest BCUT2D eigenvalue weighted by atomic mass is 14.7. The van der Waals surface area contributed by atoms with Crippen LogP contribution in [0.5, 0.6) is 0 Å². The summed E-state index contributed by atoms with van der Waals surface area (Å²) in [5.74, 6) is 0.691. The molecular formula is C16H19N. The maximum atomic E-state index is 6.39. The van der Waals surface area contributed by atoms with Crippen molar-refractivity contribution >= 4 is 10.8 Å². The Balaban J connectivity index is 1.94. The van der Waals surface area contributed by atoms with Crippen molar-refractivity contribution in [3.63, 3.8) is 0 Å². The first-order chi connectivity index (χ1) is 8.34. The molecule has 1 aliphatic rings. The van der Waals surface area contributed by atoms with Gasteiger partial charge in [0.15, 0.2) is 0 Å². The fourth-order valence-electron chi connectivity index (χ4n) is 3.00. The third-order valence-electron chi connectivity index (χ3n) is 4.07.